The van der Waals surface area contributed by atoms with Gasteiger partial charge >= 0.3 is 39.5 Å². The largest absolute Gasteiger partial charge is 0.472 e. The highest BCUT2D eigenvalue weighted by Gasteiger charge is 2.30. The third-order valence-electron chi connectivity index (χ3n) is 18.6. The second kappa shape index (κ2) is 76.5. The molecule has 102 heavy (non-hydrogen) atoms. The predicted molar refractivity (Wildman–Crippen MR) is 418 cm³/mol. The van der Waals surface area contributed by atoms with Crippen molar-refractivity contribution in [2.75, 3.05) is 39.6 Å². The van der Waals surface area contributed by atoms with Gasteiger partial charge < -0.3 is 33.8 Å². The Morgan fingerprint density at radius 2 is 0.480 bits per heavy atom. The molecule has 0 saturated heterocycles. The zero-order chi connectivity index (χ0) is 74.6. The maximum Gasteiger partial charge on any atom is 0.472 e. The summed E-state index contributed by atoms with van der Waals surface area (Å²) in [7, 11) is -9.94. The molecule has 19 heteroatoms. The monoisotopic (exact) mass is 1490 g/mol. The number of carbonyl (C=O) groups excluding carboxylic acids is 4. The Hall–Kier alpha value is -2.72. The van der Waals surface area contributed by atoms with Crippen molar-refractivity contribution in [3.8, 4) is 0 Å². The Labute approximate surface area is 624 Å². The van der Waals surface area contributed by atoms with Crippen molar-refractivity contribution in [2.24, 2.45) is 0 Å². The minimum Gasteiger partial charge on any atom is -0.462 e. The highest BCUT2D eigenvalue weighted by molar-refractivity contribution is 7.47. The summed E-state index contributed by atoms with van der Waals surface area (Å²) >= 11 is 0. The molecule has 0 fully saturated rings. The van der Waals surface area contributed by atoms with Crippen molar-refractivity contribution >= 4 is 39.5 Å². The number of carbonyl (C=O) groups is 4. The quantitative estimate of drug-likeness (QED) is 0.0169. The fourth-order valence-electron chi connectivity index (χ4n) is 12.1. The van der Waals surface area contributed by atoms with Crippen LogP contribution in [-0.4, -0.2) is 96.7 Å². The molecule has 0 amide bonds. The number of allylic oxidation sites excluding steroid dienone is 6. The van der Waals surface area contributed by atoms with E-state index in [0.717, 1.165) is 122 Å². The number of phosphoric acid groups is 2. The number of esters is 4. The highest BCUT2D eigenvalue weighted by Crippen LogP contribution is 2.45. The normalized spacial score (nSPS) is 14.0. The number of aliphatic hydroxyl groups excluding tert-OH is 1. The molecule has 0 aliphatic carbocycles. The van der Waals surface area contributed by atoms with E-state index in [1.54, 1.807) is 0 Å². The summed E-state index contributed by atoms with van der Waals surface area (Å²) in [5.41, 5.74) is 0. The van der Waals surface area contributed by atoms with Gasteiger partial charge in [0, 0.05) is 25.7 Å². The van der Waals surface area contributed by atoms with Crippen LogP contribution in [0.2, 0.25) is 0 Å². The number of ether oxygens (including phenoxy) is 4. The van der Waals surface area contributed by atoms with Gasteiger partial charge in [-0.05, 0) is 83.5 Å². The van der Waals surface area contributed by atoms with Crippen LogP contribution in [0.3, 0.4) is 0 Å². The first kappa shape index (κ1) is 99.3. The maximum atomic E-state index is 13.1. The summed E-state index contributed by atoms with van der Waals surface area (Å²) in [5.74, 6) is -2.15. The Kier molecular flexibility index (Phi) is 74.4. The first-order valence-corrected chi connectivity index (χ1v) is 45.2. The van der Waals surface area contributed by atoms with Crippen molar-refractivity contribution in [3.63, 3.8) is 0 Å². The van der Waals surface area contributed by atoms with Crippen LogP contribution in [0.1, 0.15) is 413 Å². The van der Waals surface area contributed by atoms with Crippen LogP contribution in [0.25, 0.3) is 0 Å². The van der Waals surface area contributed by atoms with Crippen LogP contribution in [-0.2, 0) is 65.4 Å². The number of phosphoric ester groups is 2. The summed E-state index contributed by atoms with van der Waals surface area (Å²) in [6, 6.07) is 0. The van der Waals surface area contributed by atoms with Crippen molar-refractivity contribution in [3.05, 3.63) is 36.5 Å². The maximum absolute atomic E-state index is 13.1. The Bertz CT molecular complexity index is 2070. The minimum absolute atomic E-state index is 0.0863. The lowest BCUT2D eigenvalue weighted by Gasteiger charge is -2.21. The second-order valence-corrected chi connectivity index (χ2v) is 31.7. The summed E-state index contributed by atoms with van der Waals surface area (Å²) in [5, 5.41) is 10.7. The molecule has 0 rings (SSSR count). The predicted octanol–water partition coefficient (Wildman–Crippen LogP) is 24.7. The van der Waals surface area contributed by atoms with Crippen molar-refractivity contribution in [1.29, 1.82) is 0 Å². The van der Waals surface area contributed by atoms with Crippen LogP contribution in [0, 0.1) is 0 Å². The molecule has 0 saturated carbocycles. The number of rotatable bonds is 81. The molecule has 0 aromatic carbocycles. The van der Waals surface area contributed by atoms with E-state index in [1.165, 1.54) is 212 Å². The molecule has 0 aromatic rings. The average Bonchev–Trinajstić information content (AvgIpc) is 2.02. The molecule has 0 radical (unpaired) electrons. The van der Waals surface area contributed by atoms with E-state index in [4.69, 9.17) is 37.0 Å². The zero-order valence-corrected chi connectivity index (χ0v) is 67.6. The van der Waals surface area contributed by atoms with E-state index in [2.05, 4.69) is 64.2 Å². The molecule has 17 nitrogen and oxygen atoms in total. The van der Waals surface area contributed by atoms with Gasteiger partial charge in [-0.1, -0.05) is 340 Å². The van der Waals surface area contributed by atoms with E-state index in [-0.39, 0.29) is 25.7 Å². The molecule has 0 aliphatic heterocycles. The van der Waals surface area contributed by atoms with Crippen LogP contribution < -0.4 is 0 Å². The molecule has 0 spiro atoms. The topological polar surface area (TPSA) is 237 Å². The molecule has 600 valence electrons. The van der Waals surface area contributed by atoms with E-state index in [1.807, 2.05) is 0 Å². The Morgan fingerprint density at radius 3 is 0.755 bits per heavy atom. The van der Waals surface area contributed by atoms with Gasteiger partial charge in [-0.2, -0.15) is 0 Å². The lowest BCUT2D eigenvalue weighted by atomic mass is 10.0. The smallest absolute Gasteiger partial charge is 0.462 e. The molecule has 0 bridgehead atoms. The Morgan fingerprint density at radius 1 is 0.275 bits per heavy atom. The van der Waals surface area contributed by atoms with Gasteiger partial charge in [0.05, 0.1) is 26.4 Å². The van der Waals surface area contributed by atoms with Crippen LogP contribution >= 0.6 is 15.6 Å². The third kappa shape index (κ3) is 75.5. The molecule has 0 aliphatic rings. The molecular formula is C83H156O17P2. The van der Waals surface area contributed by atoms with Gasteiger partial charge in [0.25, 0.3) is 0 Å². The number of hydrogen-bond acceptors (Lipinski definition) is 15. The first-order valence-electron chi connectivity index (χ1n) is 42.2. The summed E-state index contributed by atoms with van der Waals surface area (Å²) in [4.78, 5) is 73.1. The minimum atomic E-state index is -4.97. The molecule has 5 atom stereocenters. The summed E-state index contributed by atoms with van der Waals surface area (Å²) in [6.07, 6.45) is 73.9. The Balaban J connectivity index is 5.31. The van der Waals surface area contributed by atoms with Gasteiger partial charge in [-0.15, -0.1) is 0 Å². The fourth-order valence-corrected chi connectivity index (χ4v) is 13.7. The van der Waals surface area contributed by atoms with Gasteiger partial charge in [-0.25, -0.2) is 9.13 Å². The van der Waals surface area contributed by atoms with E-state index in [9.17, 15) is 43.2 Å². The summed E-state index contributed by atoms with van der Waals surface area (Å²) < 4.78 is 68.8. The lowest BCUT2D eigenvalue weighted by molar-refractivity contribution is -0.161. The van der Waals surface area contributed by atoms with Gasteiger partial charge in [0.1, 0.15) is 19.3 Å². The molecule has 2 unspecified atom stereocenters. The van der Waals surface area contributed by atoms with E-state index >= 15 is 0 Å². The van der Waals surface area contributed by atoms with Crippen LogP contribution in [0.4, 0.5) is 0 Å². The molecular weight excluding hydrogens is 1330 g/mol. The molecule has 0 heterocycles. The average molecular weight is 1490 g/mol. The number of unbranched alkanes of at least 4 members (excludes halogenated alkanes) is 49. The zero-order valence-electron chi connectivity index (χ0n) is 65.8. The standard InChI is InChI=1S/C83H156O17P2/c1-5-9-13-17-21-25-29-33-37-38-42-44-48-52-56-60-64-68-81(86)94-74-79(100-83(88)70-66-62-58-54-50-46-41-36-32-28-24-20-16-12-8-4)76-98-102(91,92)96-72-77(84)71-95-101(89,90)97-75-78(99-82(87)69-65-61-57-53-49-45-40-35-31-27-23-19-15-11-7-3)73-93-80(85)67-63-59-55-51-47-43-39-34-30-26-22-18-14-10-6-2/h23,27,35-36,40-41,77-79,84H,5-22,24-26,28-34,37-39,42-76H2,1-4H3,(H,89,90)(H,91,92)/b27-23-,40-35-,41-36-/t77-,78+,79+/m0/s1. The molecule has 0 aromatic heterocycles. The van der Waals surface area contributed by atoms with Crippen molar-refractivity contribution < 1.29 is 80.2 Å². The van der Waals surface area contributed by atoms with Gasteiger partial charge in [-0.3, -0.25) is 37.3 Å². The summed E-state index contributed by atoms with van der Waals surface area (Å²) in [6.45, 7) is 4.94. The molecule has 3 N–H and O–H groups in total. The SMILES string of the molecule is CCCCC/C=C\C/C=C\CCCCCCCC(=O)O[C@H](COC(=O)CCCCCCCCCCCCCCCCC)COP(=O)(O)OC[C@H](O)COP(=O)(O)OC[C@@H](COC(=O)CCCCCCCCCCCCCCCCCCC)OC(=O)CCCCCCC/C=C\CCCCCCCC. The van der Waals surface area contributed by atoms with E-state index < -0.39 is 97.5 Å². The fraction of sp³-hybridized carbons (Fsp3) is 0.880. The number of aliphatic hydroxyl groups is 1. The van der Waals surface area contributed by atoms with Crippen LogP contribution in [0.5, 0.6) is 0 Å². The number of hydrogen-bond donors (Lipinski definition) is 3. The van der Waals surface area contributed by atoms with Crippen molar-refractivity contribution in [2.45, 2.75) is 431 Å². The lowest BCUT2D eigenvalue weighted by Crippen LogP contribution is -2.30. The van der Waals surface area contributed by atoms with Gasteiger partial charge in [0.15, 0.2) is 12.2 Å². The van der Waals surface area contributed by atoms with Crippen LogP contribution in [0.15, 0.2) is 36.5 Å². The highest BCUT2D eigenvalue weighted by atomic mass is 31.2. The third-order valence-corrected chi connectivity index (χ3v) is 20.5. The van der Waals surface area contributed by atoms with Gasteiger partial charge in [0.2, 0.25) is 0 Å². The van der Waals surface area contributed by atoms with E-state index in [0.29, 0.717) is 25.7 Å². The van der Waals surface area contributed by atoms with Crippen molar-refractivity contribution in [1.82, 2.24) is 0 Å². The first-order chi connectivity index (χ1) is 49.7. The second-order valence-electron chi connectivity index (χ2n) is 28.8.